The predicted octanol–water partition coefficient (Wildman–Crippen LogP) is 0.669. The van der Waals surface area contributed by atoms with E-state index in [0.717, 1.165) is 6.42 Å². The van der Waals surface area contributed by atoms with Crippen molar-refractivity contribution in [1.82, 2.24) is 10.6 Å². The SMILES string of the molecule is Nc1cccc(NC(=O)NCC2CCC(=O)N2)c1. The first kappa shape index (κ1) is 12.2. The van der Waals surface area contributed by atoms with E-state index < -0.39 is 0 Å². The fourth-order valence-electron chi connectivity index (χ4n) is 1.84. The lowest BCUT2D eigenvalue weighted by Crippen LogP contribution is -2.40. The third-order valence-corrected chi connectivity index (χ3v) is 2.74. The molecule has 6 heteroatoms. The van der Waals surface area contributed by atoms with Gasteiger partial charge in [0, 0.05) is 30.4 Å². The van der Waals surface area contributed by atoms with E-state index in [1.807, 2.05) is 0 Å². The van der Waals surface area contributed by atoms with Crippen LogP contribution in [-0.2, 0) is 4.79 Å². The summed E-state index contributed by atoms with van der Waals surface area (Å²) in [5.41, 5.74) is 6.84. The van der Waals surface area contributed by atoms with Crippen LogP contribution in [0.1, 0.15) is 12.8 Å². The van der Waals surface area contributed by atoms with Gasteiger partial charge in [-0.15, -0.1) is 0 Å². The predicted molar refractivity (Wildman–Crippen MR) is 69.0 cm³/mol. The first-order chi connectivity index (χ1) is 8.63. The van der Waals surface area contributed by atoms with Gasteiger partial charge in [-0.05, 0) is 24.6 Å². The highest BCUT2D eigenvalue weighted by molar-refractivity contribution is 5.89. The van der Waals surface area contributed by atoms with Crippen molar-refractivity contribution in [2.45, 2.75) is 18.9 Å². The molecule has 2 rings (SSSR count). The second kappa shape index (κ2) is 5.39. The molecule has 0 radical (unpaired) electrons. The summed E-state index contributed by atoms with van der Waals surface area (Å²) in [4.78, 5) is 22.6. The Hall–Kier alpha value is -2.24. The van der Waals surface area contributed by atoms with Gasteiger partial charge in [0.05, 0.1) is 0 Å². The molecular formula is C12H16N4O2. The van der Waals surface area contributed by atoms with Gasteiger partial charge in [0.25, 0.3) is 0 Å². The van der Waals surface area contributed by atoms with Gasteiger partial charge < -0.3 is 21.7 Å². The van der Waals surface area contributed by atoms with Gasteiger partial charge in [0.1, 0.15) is 0 Å². The highest BCUT2D eigenvalue weighted by atomic mass is 16.2. The van der Waals surface area contributed by atoms with Crippen molar-refractivity contribution < 1.29 is 9.59 Å². The lowest BCUT2D eigenvalue weighted by molar-refractivity contribution is -0.119. The minimum Gasteiger partial charge on any atom is -0.399 e. The number of rotatable bonds is 3. The average molecular weight is 248 g/mol. The Labute approximate surface area is 105 Å². The molecule has 1 aromatic rings. The molecule has 1 aliphatic heterocycles. The van der Waals surface area contributed by atoms with Gasteiger partial charge in [-0.3, -0.25) is 4.79 Å². The number of nitrogens with two attached hydrogens (primary N) is 1. The average Bonchev–Trinajstić information content (AvgIpc) is 2.73. The minimum absolute atomic E-state index is 0.0316. The Morgan fingerprint density at radius 3 is 3.00 bits per heavy atom. The Morgan fingerprint density at radius 2 is 2.33 bits per heavy atom. The Bertz CT molecular complexity index is 461. The summed E-state index contributed by atoms with van der Waals surface area (Å²) >= 11 is 0. The van der Waals surface area contributed by atoms with Crippen LogP contribution in [0.15, 0.2) is 24.3 Å². The number of hydrogen-bond acceptors (Lipinski definition) is 3. The fourth-order valence-corrected chi connectivity index (χ4v) is 1.84. The number of carbonyl (C=O) groups is 2. The molecule has 1 aliphatic rings. The van der Waals surface area contributed by atoms with E-state index in [9.17, 15) is 9.59 Å². The number of anilines is 2. The third kappa shape index (κ3) is 3.38. The van der Waals surface area contributed by atoms with E-state index in [4.69, 9.17) is 5.73 Å². The normalized spacial score (nSPS) is 18.2. The van der Waals surface area contributed by atoms with Gasteiger partial charge in [0.15, 0.2) is 0 Å². The van der Waals surface area contributed by atoms with Gasteiger partial charge >= 0.3 is 6.03 Å². The number of carbonyl (C=O) groups excluding carboxylic acids is 2. The number of urea groups is 1. The molecule has 0 aromatic heterocycles. The number of benzene rings is 1. The molecule has 18 heavy (non-hydrogen) atoms. The molecule has 1 fully saturated rings. The van der Waals surface area contributed by atoms with E-state index in [-0.39, 0.29) is 18.0 Å². The molecule has 96 valence electrons. The molecule has 0 spiro atoms. The molecule has 5 N–H and O–H groups in total. The monoisotopic (exact) mass is 248 g/mol. The van der Waals surface area contributed by atoms with Crippen LogP contribution in [0.5, 0.6) is 0 Å². The molecule has 1 unspecified atom stereocenters. The number of nitrogen functional groups attached to an aromatic ring is 1. The first-order valence-corrected chi connectivity index (χ1v) is 5.83. The quantitative estimate of drug-likeness (QED) is 0.592. The summed E-state index contributed by atoms with van der Waals surface area (Å²) in [5.74, 6) is 0.0399. The molecule has 6 nitrogen and oxygen atoms in total. The van der Waals surface area contributed by atoms with Gasteiger partial charge in [0.2, 0.25) is 5.91 Å². The maximum atomic E-state index is 11.6. The summed E-state index contributed by atoms with van der Waals surface area (Å²) in [6, 6.07) is 6.68. The van der Waals surface area contributed by atoms with Crippen molar-refractivity contribution in [3.63, 3.8) is 0 Å². The van der Waals surface area contributed by atoms with E-state index >= 15 is 0 Å². The third-order valence-electron chi connectivity index (χ3n) is 2.74. The highest BCUT2D eigenvalue weighted by Gasteiger charge is 2.20. The van der Waals surface area contributed by atoms with E-state index in [0.29, 0.717) is 24.3 Å². The molecule has 0 saturated carbocycles. The van der Waals surface area contributed by atoms with Crippen LogP contribution in [0.4, 0.5) is 16.2 Å². The molecular weight excluding hydrogens is 232 g/mol. The van der Waals surface area contributed by atoms with Crippen LogP contribution in [0.3, 0.4) is 0 Å². The van der Waals surface area contributed by atoms with Gasteiger partial charge in [-0.1, -0.05) is 6.07 Å². The molecule has 0 bridgehead atoms. The summed E-state index contributed by atoms with van der Waals surface area (Å²) < 4.78 is 0. The minimum atomic E-state index is -0.304. The van der Waals surface area contributed by atoms with Crippen LogP contribution < -0.4 is 21.7 Å². The van der Waals surface area contributed by atoms with Crippen molar-refractivity contribution >= 4 is 23.3 Å². The zero-order chi connectivity index (χ0) is 13.0. The Kier molecular flexibility index (Phi) is 3.66. The topological polar surface area (TPSA) is 96.2 Å². The largest absolute Gasteiger partial charge is 0.399 e. The highest BCUT2D eigenvalue weighted by Crippen LogP contribution is 2.11. The zero-order valence-corrected chi connectivity index (χ0v) is 9.90. The van der Waals surface area contributed by atoms with Crippen LogP contribution in [-0.4, -0.2) is 24.5 Å². The lowest BCUT2D eigenvalue weighted by Gasteiger charge is -2.12. The van der Waals surface area contributed by atoms with Crippen LogP contribution >= 0.6 is 0 Å². The molecule has 0 aliphatic carbocycles. The number of nitrogens with one attached hydrogen (secondary N) is 3. The summed E-state index contributed by atoms with van der Waals surface area (Å²) in [7, 11) is 0. The zero-order valence-electron chi connectivity index (χ0n) is 9.90. The standard InChI is InChI=1S/C12H16N4O2/c13-8-2-1-3-9(6-8)16-12(18)14-7-10-4-5-11(17)15-10/h1-3,6,10H,4-5,7,13H2,(H,15,17)(H2,14,16,18). The van der Waals surface area contributed by atoms with E-state index in [1.54, 1.807) is 24.3 Å². The van der Waals surface area contributed by atoms with Crippen molar-refractivity contribution in [2.24, 2.45) is 0 Å². The van der Waals surface area contributed by atoms with Gasteiger partial charge in [-0.25, -0.2) is 4.79 Å². The van der Waals surface area contributed by atoms with E-state index in [1.165, 1.54) is 0 Å². The van der Waals surface area contributed by atoms with Crippen LogP contribution in [0, 0.1) is 0 Å². The summed E-state index contributed by atoms with van der Waals surface area (Å²) in [6.07, 6.45) is 1.29. The van der Waals surface area contributed by atoms with Crippen molar-refractivity contribution in [3.8, 4) is 0 Å². The fraction of sp³-hybridized carbons (Fsp3) is 0.333. The molecule has 1 saturated heterocycles. The molecule has 1 aromatic carbocycles. The molecule has 3 amide bonds. The summed E-state index contributed by atoms with van der Waals surface area (Å²) in [6.45, 7) is 0.430. The second-order valence-corrected chi connectivity index (χ2v) is 4.26. The molecule has 1 atom stereocenters. The maximum Gasteiger partial charge on any atom is 0.319 e. The van der Waals surface area contributed by atoms with Crippen LogP contribution in [0.2, 0.25) is 0 Å². The first-order valence-electron chi connectivity index (χ1n) is 5.83. The van der Waals surface area contributed by atoms with E-state index in [2.05, 4.69) is 16.0 Å². The Balaban J connectivity index is 1.77. The van der Waals surface area contributed by atoms with Crippen molar-refractivity contribution in [3.05, 3.63) is 24.3 Å². The summed E-state index contributed by atoms with van der Waals surface area (Å²) in [5, 5.41) is 8.16. The molecule has 1 heterocycles. The number of hydrogen-bond donors (Lipinski definition) is 4. The second-order valence-electron chi connectivity index (χ2n) is 4.26. The lowest BCUT2D eigenvalue weighted by atomic mass is 10.2. The van der Waals surface area contributed by atoms with Gasteiger partial charge in [-0.2, -0.15) is 0 Å². The van der Waals surface area contributed by atoms with Crippen molar-refractivity contribution in [2.75, 3.05) is 17.6 Å². The van der Waals surface area contributed by atoms with Crippen molar-refractivity contribution in [1.29, 1.82) is 0 Å². The Morgan fingerprint density at radius 1 is 1.50 bits per heavy atom. The maximum absolute atomic E-state index is 11.6. The smallest absolute Gasteiger partial charge is 0.319 e. The number of amides is 3. The van der Waals surface area contributed by atoms with Crippen LogP contribution in [0.25, 0.3) is 0 Å².